The summed E-state index contributed by atoms with van der Waals surface area (Å²) in [6.07, 6.45) is 12.6. The normalized spacial score (nSPS) is 28.4. The van der Waals surface area contributed by atoms with Gasteiger partial charge in [0.15, 0.2) is 0 Å². The molecule has 0 heterocycles. The van der Waals surface area contributed by atoms with Gasteiger partial charge in [-0.3, -0.25) is 0 Å². The van der Waals surface area contributed by atoms with Crippen molar-refractivity contribution in [3.8, 4) is 12.3 Å². The van der Waals surface area contributed by atoms with Crippen LogP contribution in [0.4, 0.5) is 0 Å². The summed E-state index contributed by atoms with van der Waals surface area (Å²) >= 11 is 0. The second-order valence-corrected chi connectivity index (χ2v) is 5.02. The maximum atomic E-state index is 10.6. The fraction of sp³-hybridized carbons (Fsp3) is 0.600. The zero-order chi connectivity index (χ0) is 12.2. The molecule has 88 valence electrons. The molecule has 2 unspecified atom stereocenters. The van der Waals surface area contributed by atoms with Gasteiger partial charge >= 0.3 is 0 Å². The van der Waals surface area contributed by atoms with Crippen molar-refractivity contribution in [3.05, 3.63) is 24.8 Å². The largest absolute Gasteiger partial charge is 0.388 e. The molecule has 0 saturated heterocycles. The first kappa shape index (κ1) is 13.1. The summed E-state index contributed by atoms with van der Waals surface area (Å²) < 4.78 is 0. The van der Waals surface area contributed by atoms with Crippen molar-refractivity contribution in [1.82, 2.24) is 0 Å². The van der Waals surface area contributed by atoms with Gasteiger partial charge in [-0.15, -0.1) is 18.9 Å². The van der Waals surface area contributed by atoms with Crippen LogP contribution < -0.4 is 0 Å². The summed E-state index contributed by atoms with van der Waals surface area (Å²) in [6.45, 7) is 9.75. The molecule has 16 heavy (non-hydrogen) atoms. The topological polar surface area (TPSA) is 20.2 Å². The summed E-state index contributed by atoms with van der Waals surface area (Å²) in [7, 11) is 0. The highest BCUT2D eigenvalue weighted by Gasteiger charge is 2.49. The Labute approximate surface area is 99.3 Å². The van der Waals surface area contributed by atoms with Gasteiger partial charge in [-0.25, -0.2) is 0 Å². The first-order valence-corrected chi connectivity index (χ1v) is 5.95. The number of hydrogen-bond donors (Lipinski definition) is 1. The van der Waals surface area contributed by atoms with Gasteiger partial charge in [0.05, 0.1) is 5.60 Å². The second kappa shape index (κ2) is 4.89. The highest BCUT2D eigenvalue weighted by atomic mass is 16.3. The highest BCUT2D eigenvalue weighted by molar-refractivity contribution is 5.23. The van der Waals surface area contributed by atoms with Gasteiger partial charge in [-0.2, -0.15) is 0 Å². The Balaban J connectivity index is 2.99. The van der Waals surface area contributed by atoms with Crippen LogP contribution in [0.1, 0.15) is 45.4 Å². The lowest BCUT2D eigenvalue weighted by Gasteiger charge is -2.43. The minimum absolute atomic E-state index is 0.201. The predicted octanol–water partition coefficient (Wildman–Crippen LogP) is 3.45. The average molecular weight is 218 g/mol. The van der Waals surface area contributed by atoms with Gasteiger partial charge in [0.25, 0.3) is 0 Å². The van der Waals surface area contributed by atoms with E-state index in [0.29, 0.717) is 6.42 Å². The minimum atomic E-state index is -0.835. The van der Waals surface area contributed by atoms with Crippen LogP contribution in [0.3, 0.4) is 0 Å². The molecule has 0 radical (unpaired) electrons. The van der Waals surface area contributed by atoms with Crippen molar-refractivity contribution in [1.29, 1.82) is 0 Å². The Morgan fingerprint density at radius 2 is 2.38 bits per heavy atom. The molecule has 0 aromatic heterocycles. The van der Waals surface area contributed by atoms with E-state index in [1.807, 2.05) is 13.0 Å². The first-order valence-electron chi connectivity index (χ1n) is 5.95. The molecule has 1 aliphatic carbocycles. The SMILES string of the molecule is C#CCC(C)(O)C1(CCC=C)CCCC1=C. The summed E-state index contributed by atoms with van der Waals surface area (Å²) in [4.78, 5) is 0. The van der Waals surface area contributed by atoms with E-state index in [4.69, 9.17) is 6.42 Å². The second-order valence-electron chi connectivity index (χ2n) is 5.02. The van der Waals surface area contributed by atoms with E-state index in [2.05, 4.69) is 19.1 Å². The van der Waals surface area contributed by atoms with Gasteiger partial charge in [-0.1, -0.05) is 18.2 Å². The third-order valence-corrected chi connectivity index (χ3v) is 4.01. The predicted molar refractivity (Wildman–Crippen MR) is 68.9 cm³/mol. The molecular formula is C15H22O. The van der Waals surface area contributed by atoms with Crippen molar-refractivity contribution in [2.24, 2.45) is 5.41 Å². The minimum Gasteiger partial charge on any atom is -0.388 e. The molecular weight excluding hydrogens is 196 g/mol. The van der Waals surface area contributed by atoms with Crippen molar-refractivity contribution >= 4 is 0 Å². The molecule has 1 N–H and O–H groups in total. The van der Waals surface area contributed by atoms with Crippen LogP contribution in [-0.2, 0) is 0 Å². The molecule has 1 rings (SSSR count). The Bertz CT molecular complexity index is 319. The Hall–Kier alpha value is -1.00. The zero-order valence-corrected chi connectivity index (χ0v) is 10.3. The molecule has 0 spiro atoms. The monoisotopic (exact) mass is 218 g/mol. The van der Waals surface area contributed by atoms with E-state index in [1.165, 1.54) is 0 Å². The Kier molecular flexibility index (Phi) is 3.99. The molecule has 1 aliphatic rings. The van der Waals surface area contributed by atoms with Crippen molar-refractivity contribution in [3.63, 3.8) is 0 Å². The van der Waals surface area contributed by atoms with Crippen LogP contribution in [0, 0.1) is 17.8 Å². The summed E-state index contributed by atoms with van der Waals surface area (Å²) in [5, 5.41) is 10.6. The molecule has 2 atom stereocenters. The molecule has 1 fully saturated rings. The Morgan fingerprint density at radius 1 is 1.69 bits per heavy atom. The first-order chi connectivity index (χ1) is 7.50. The van der Waals surface area contributed by atoms with E-state index < -0.39 is 5.60 Å². The zero-order valence-electron chi connectivity index (χ0n) is 10.3. The van der Waals surface area contributed by atoms with Crippen LogP contribution in [0.5, 0.6) is 0 Å². The third kappa shape index (κ3) is 2.08. The van der Waals surface area contributed by atoms with Gasteiger partial charge in [0.2, 0.25) is 0 Å². The number of allylic oxidation sites excluding steroid dienone is 1. The standard InChI is InChI=1S/C15H22O/c1-5-7-11-15(12-8-9-13(15)3)14(4,16)10-6-2/h2,5,16H,1,3,7-12H2,4H3. The average Bonchev–Trinajstić information content (AvgIpc) is 2.58. The van der Waals surface area contributed by atoms with E-state index in [1.54, 1.807) is 0 Å². The number of hydrogen-bond acceptors (Lipinski definition) is 1. The maximum Gasteiger partial charge on any atom is 0.0821 e. The van der Waals surface area contributed by atoms with Crippen LogP contribution in [0.2, 0.25) is 0 Å². The van der Waals surface area contributed by atoms with Crippen molar-refractivity contribution in [2.75, 3.05) is 0 Å². The number of terminal acetylenes is 1. The smallest absolute Gasteiger partial charge is 0.0821 e. The van der Waals surface area contributed by atoms with Crippen molar-refractivity contribution < 1.29 is 5.11 Å². The van der Waals surface area contributed by atoms with Gasteiger partial charge in [0, 0.05) is 11.8 Å². The molecule has 0 aromatic carbocycles. The number of rotatable bonds is 5. The summed E-state index contributed by atoms with van der Waals surface area (Å²) in [5.41, 5.74) is 0.126. The van der Waals surface area contributed by atoms with Crippen LogP contribution in [-0.4, -0.2) is 10.7 Å². The van der Waals surface area contributed by atoms with Crippen LogP contribution in [0.25, 0.3) is 0 Å². The number of aliphatic hydroxyl groups is 1. The van der Waals surface area contributed by atoms with E-state index in [0.717, 1.165) is 37.7 Å². The molecule has 1 heteroatoms. The van der Waals surface area contributed by atoms with Crippen LogP contribution in [0.15, 0.2) is 24.8 Å². The van der Waals surface area contributed by atoms with Gasteiger partial charge < -0.3 is 5.11 Å². The van der Waals surface area contributed by atoms with Crippen molar-refractivity contribution in [2.45, 2.75) is 51.0 Å². The molecule has 0 bridgehead atoms. The molecule has 0 amide bonds. The molecule has 1 nitrogen and oxygen atoms in total. The fourth-order valence-electron chi connectivity index (χ4n) is 2.96. The summed E-state index contributed by atoms with van der Waals surface area (Å²) in [6, 6.07) is 0. The highest BCUT2D eigenvalue weighted by Crippen LogP contribution is 2.53. The van der Waals surface area contributed by atoms with E-state index in [9.17, 15) is 5.11 Å². The lowest BCUT2D eigenvalue weighted by Crippen LogP contribution is -2.45. The molecule has 0 aromatic rings. The van der Waals surface area contributed by atoms with E-state index >= 15 is 0 Å². The maximum absolute atomic E-state index is 10.6. The lowest BCUT2D eigenvalue weighted by molar-refractivity contribution is -0.0467. The third-order valence-electron chi connectivity index (χ3n) is 4.01. The van der Waals surface area contributed by atoms with Gasteiger partial charge in [-0.05, 0) is 39.0 Å². The fourth-order valence-corrected chi connectivity index (χ4v) is 2.96. The molecule has 1 saturated carbocycles. The van der Waals surface area contributed by atoms with Crippen LogP contribution >= 0.6 is 0 Å². The summed E-state index contributed by atoms with van der Waals surface area (Å²) in [5.74, 6) is 2.59. The van der Waals surface area contributed by atoms with E-state index in [-0.39, 0.29) is 5.41 Å². The lowest BCUT2D eigenvalue weighted by atomic mass is 9.65. The molecule has 0 aliphatic heterocycles. The Morgan fingerprint density at radius 3 is 2.81 bits per heavy atom. The van der Waals surface area contributed by atoms with Gasteiger partial charge in [0.1, 0.15) is 0 Å². The quantitative estimate of drug-likeness (QED) is 0.553.